The predicted molar refractivity (Wildman–Crippen MR) is 76.2 cm³/mol. The zero-order valence-electron chi connectivity index (χ0n) is 11.4. The van der Waals surface area contributed by atoms with Gasteiger partial charge in [0.05, 0.1) is 7.11 Å². The molecule has 0 amide bonds. The van der Waals surface area contributed by atoms with E-state index < -0.39 is 0 Å². The minimum absolute atomic E-state index is 0.384. The number of ether oxygens (including phenoxy) is 1. The van der Waals surface area contributed by atoms with E-state index in [0.717, 1.165) is 17.0 Å². The number of nitrogens with one attached hydrogen (secondary N) is 1. The number of aromatic nitrogens is 1. The molecule has 1 heterocycles. The van der Waals surface area contributed by atoms with E-state index >= 15 is 0 Å². The minimum atomic E-state index is 0.384. The van der Waals surface area contributed by atoms with Crippen LogP contribution < -0.4 is 10.1 Å². The van der Waals surface area contributed by atoms with Gasteiger partial charge in [-0.3, -0.25) is 0 Å². The molecule has 18 heavy (non-hydrogen) atoms. The Labute approximate surface area is 108 Å². The third-order valence-electron chi connectivity index (χ3n) is 3.34. The van der Waals surface area contributed by atoms with Gasteiger partial charge >= 0.3 is 0 Å². The molecule has 1 N–H and O–H groups in total. The molecule has 0 bridgehead atoms. The number of fused-ring (bicyclic) bond motifs is 1. The van der Waals surface area contributed by atoms with Gasteiger partial charge in [0, 0.05) is 17.6 Å². The van der Waals surface area contributed by atoms with Crippen molar-refractivity contribution in [3.8, 4) is 5.75 Å². The summed E-state index contributed by atoms with van der Waals surface area (Å²) in [4.78, 5) is 4.44. The van der Waals surface area contributed by atoms with Gasteiger partial charge in [-0.15, -0.1) is 0 Å². The molecule has 0 radical (unpaired) electrons. The maximum atomic E-state index is 5.27. The SMILES string of the molecule is COc1ccc2ccnc(NC(C)C(C)C)c2c1. The normalized spacial score (nSPS) is 12.7. The molecule has 96 valence electrons. The Morgan fingerprint density at radius 3 is 2.61 bits per heavy atom. The summed E-state index contributed by atoms with van der Waals surface area (Å²) >= 11 is 0. The van der Waals surface area contributed by atoms with Crippen LogP contribution in [0.5, 0.6) is 5.75 Å². The summed E-state index contributed by atoms with van der Waals surface area (Å²) in [6.45, 7) is 6.57. The lowest BCUT2D eigenvalue weighted by molar-refractivity contribution is 0.415. The van der Waals surface area contributed by atoms with E-state index in [-0.39, 0.29) is 0 Å². The summed E-state index contributed by atoms with van der Waals surface area (Å²) in [7, 11) is 1.68. The number of hydrogen-bond acceptors (Lipinski definition) is 3. The molecule has 1 atom stereocenters. The maximum absolute atomic E-state index is 5.27. The largest absolute Gasteiger partial charge is 0.497 e. The fraction of sp³-hybridized carbons (Fsp3) is 0.400. The Bertz CT molecular complexity index is 537. The highest BCUT2D eigenvalue weighted by atomic mass is 16.5. The summed E-state index contributed by atoms with van der Waals surface area (Å²) in [6.07, 6.45) is 1.84. The molecule has 0 spiro atoms. The lowest BCUT2D eigenvalue weighted by Crippen LogP contribution is -2.22. The standard InChI is InChI=1S/C15H20N2O/c1-10(2)11(3)17-15-14-9-13(18-4)6-5-12(14)7-8-16-15/h5-11H,1-4H3,(H,16,17). The molecule has 1 unspecified atom stereocenters. The topological polar surface area (TPSA) is 34.1 Å². The van der Waals surface area contributed by atoms with Crippen LogP contribution in [0.3, 0.4) is 0 Å². The van der Waals surface area contributed by atoms with Crippen molar-refractivity contribution in [2.75, 3.05) is 12.4 Å². The van der Waals surface area contributed by atoms with Crippen molar-refractivity contribution in [2.24, 2.45) is 5.92 Å². The molecule has 1 aromatic heterocycles. The molecular weight excluding hydrogens is 224 g/mol. The van der Waals surface area contributed by atoms with Crippen molar-refractivity contribution in [3.05, 3.63) is 30.5 Å². The number of methoxy groups -OCH3 is 1. The average Bonchev–Trinajstić information content (AvgIpc) is 2.38. The van der Waals surface area contributed by atoms with Crippen molar-refractivity contribution in [1.82, 2.24) is 4.98 Å². The Kier molecular flexibility index (Phi) is 3.70. The van der Waals surface area contributed by atoms with Gasteiger partial charge in [-0.25, -0.2) is 4.98 Å². The van der Waals surface area contributed by atoms with Crippen LogP contribution >= 0.6 is 0 Å². The van der Waals surface area contributed by atoms with E-state index in [1.54, 1.807) is 7.11 Å². The third-order valence-corrected chi connectivity index (χ3v) is 3.34. The van der Waals surface area contributed by atoms with Gasteiger partial charge in [-0.2, -0.15) is 0 Å². The van der Waals surface area contributed by atoms with Gasteiger partial charge in [-0.1, -0.05) is 19.9 Å². The molecule has 3 nitrogen and oxygen atoms in total. The minimum Gasteiger partial charge on any atom is -0.497 e. The smallest absolute Gasteiger partial charge is 0.134 e. The van der Waals surface area contributed by atoms with Gasteiger partial charge in [0.25, 0.3) is 0 Å². The fourth-order valence-corrected chi connectivity index (χ4v) is 1.77. The summed E-state index contributed by atoms with van der Waals surface area (Å²) in [5.41, 5.74) is 0. The second-order valence-electron chi connectivity index (χ2n) is 4.92. The van der Waals surface area contributed by atoms with Gasteiger partial charge in [0.2, 0.25) is 0 Å². The molecule has 1 aromatic carbocycles. The van der Waals surface area contributed by atoms with Crippen LogP contribution in [0.25, 0.3) is 10.8 Å². The first-order chi connectivity index (χ1) is 8.61. The zero-order valence-corrected chi connectivity index (χ0v) is 11.4. The fourth-order valence-electron chi connectivity index (χ4n) is 1.77. The van der Waals surface area contributed by atoms with Crippen molar-refractivity contribution in [1.29, 1.82) is 0 Å². The van der Waals surface area contributed by atoms with Crippen LogP contribution in [0.15, 0.2) is 30.5 Å². The van der Waals surface area contributed by atoms with Gasteiger partial charge in [-0.05, 0) is 36.4 Å². The first kappa shape index (κ1) is 12.7. The van der Waals surface area contributed by atoms with Crippen LogP contribution in [-0.4, -0.2) is 18.1 Å². The highest BCUT2D eigenvalue weighted by Gasteiger charge is 2.10. The second-order valence-corrected chi connectivity index (χ2v) is 4.92. The summed E-state index contributed by atoms with van der Waals surface area (Å²) < 4.78 is 5.27. The first-order valence-electron chi connectivity index (χ1n) is 6.31. The molecule has 0 aliphatic rings. The van der Waals surface area contributed by atoms with E-state index in [9.17, 15) is 0 Å². The molecule has 0 aliphatic heterocycles. The van der Waals surface area contributed by atoms with Gasteiger partial charge in [0.1, 0.15) is 11.6 Å². The molecule has 2 rings (SSSR count). The summed E-state index contributed by atoms with van der Waals surface area (Å²) in [6, 6.07) is 8.45. The van der Waals surface area contributed by atoms with Crippen molar-refractivity contribution in [3.63, 3.8) is 0 Å². The quantitative estimate of drug-likeness (QED) is 0.890. The van der Waals surface area contributed by atoms with Crippen molar-refractivity contribution >= 4 is 16.6 Å². The second kappa shape index (κ2) is 5.25. The van der Waals surface area contributed by atoms with E-state index in [0.29, 0.717) is 12.0 Å². The number of benzene rings is 1. The van der Waals surface area contributed by atoms with Gasteiger partial charge in [0.15, 0.2) is 0 Å². The van der Waals surface area contributed by atoms with E-state index in [2.05, 4.69) is 37.1 Å². The maximum Gasteiger partial charge on any atom is 0.134 e. The van der Waals surface area contributed by atoms with Crippen LogP contribution in [0, 0.1) is 5.92 Å². The number of pyridine rings is 1. The summed E-state index contributed by atoms with van der Waals surface area (Å²) in [5, 5.41) is 5.74. The number of rotatable bonds is 4. The lowest BCUT2D eigenvalue weighted by Gasteiger charge is -2.19. The third kappa shape index (κ3) is 2.55. The van der Waals surface area contributed by atoms with E-state index in [1.165, 1.54) is 5.39 Å². The van der Waals surface area contributed by atoms with E-state index in [4.69, 9.17) is 4.74 Å². The molecule has 0 fully saturated rings. The number of nitrogens with zero attached hydrogens (tertiary/aromatic N) is 1. The first-order valence-corrected chi connectivity index (χ1v) is 6.31. The summed E-state index contributed by atoms with van der Waals surface area (Å²) in [5.74, 6) is 2.34. The molecule has 0 saturated carbocycles. The highest BCUT2D eigenvalue weighted by Crippen LogP contribution is 2.26. The van der Waals surface area contributed by atoms with Gasteiger partial charge < -0.3 is 10.1 Å². The molecule has 2 aromatic rings. The van der Waals surface area contributed by atoms with Crippen LogP contribution in [0.2, 0.25) is 0 Å². The Morgan fingerprint density at radius 2 is 1.94 bits per heavy atom. The van der Waals surface area contributed by atoms with Crippen molar-refractivity contribution < 1.29 is 4.74 Å². The predicted octanol–water partition coefficient (Wildman–Crippen LogP) is 3.70. The average molecular weight is 244 g/mol. The van der Waals surface area contributed by atoms with Crippen LogP contribution in [0.1, 0.15) is 20.8 Å². The monoisotopic (exact) mass is 244 g/mol. The molecule has 0 saturated heterocycles. The molecular formula is C15H20N2O. The lowest BCUT2D eigenvalue weighted by atomic mass is 10.1. The van der Waals surface area contributed by atoms with E-state index in [1.807, 2.05) is 24.4 Å². The Morgan fingerprint density at radius 1 is 1.17 bits per heavy atom. The van der Waals surface area contributed by atoms with Crippen LogP contribution in [0.4, 0.5) is 5.82 Å². The molecule has 3 heteroatoms. The molecule has 0 aliphatic carbocycles. The highest BCUT2D eigenvalue weighted by molar-refractivity contribution is 5.92. The Balaban J connectivity index is 2.43. The number of anilines is 1. The zero-order chi connectivity index (χ0) is 13.1. The Hall–Kier alpha value is -1.77. The number of hydrogen-bond donors (Lipinski definition) is 1. The van der Waals surface area contributed by atoms with Crippen molar-refractivity contribution in [2.45, 2.75) is 26.8 Å². The van der Waals surface area contributed by atoms with Crippen LogP contribution in [-0.2, 0) is 0 Å².